The fraction of sp³-hybridized carbons (Fsp3) is 0.500. The highest BCUT2D eigenvalue weighted by atomic mass is 16.6. The van der Waals surface area contributed by atoms with Gasteiger partial charge < -0.3 is 15.2 Å². The Morgan fingerprint density at radius 1 is 1.53 bits per heavy atom. The predicted molar refractivity (Wildman–Crippen MR) is 58.7 cm³/mol. The average Bonchev–Trinajstić information content (AvgIpc) is 2.15. The van der Waals surface area contributed by atoms with E-state index in [1.54, 1.807) is 0 Å². The number of aryl methyl sites for hydroxylation is 1. The predicted octanol–water partition coefficient (Wildman–Crippen LogP) is 1.41. The first kappa shape index (κ1) is 10.6. The van der Waals surface area contributed by atoms with Crippen LogP contribution in [0.1, 0.15) is 17.2 Å². The summed E-state index contributed by atoms with van der Waals surface area (Å²) in [6, 6.07) is 8.20. The fourth-order valence-corrected chi connectivity index (χ4v) is 1.55. The van der Waals surface area contributed by atoms with Crippen LogP contribution in [0.2, 0.25) is 0 Å². The lowest BCUT2D eigenvalue weighted by atomic mass is 10.1. The Hall–Kier alpha value is -0.900. The smallest absolute Gasteiger partial charge is 0.104 e. The molecule has 1 atom stereocenters. The van der Waals surface area contributed by atoms with Crippen molar-refractivity contribution in [3.8, 4) is 0 Å². The molecule has 0 aliphatic carbocycles. The fourth-order valence-electron chi connectivity index (χ4n) is 1.55. The van der Waals surface area contributed by atoms with Crippen LogP contribution in [0.25, 0.3) is 0 Å². The zero-order valence-corrected chi connectivity index (χ0v) is 8.98. The second kappa shape index (κ2) is 4.75. The summed E-state index contributed by atoms with van der Waals surface area (Å²) < 4.78 is 10.6. The van der Waals surface area contributed by atoms with Gasteiger partial charge in [-0.15, -0.1) is 0 Å². The topological polar surface area (TPSA) is 44.5 Å². The minimum absolute atomic E-state index is 0.0366. The Labute approximate surface area is 90.2 Å². The van der Waals surface area contributed by atoms with Crippen molar-refractivity contribution in [2.45, 2.75) is 19.1 Å². The van der Waals surface area contributed by atoms with Crippen LogP contribution in [0.5, 0.6) is 0 Å². The van der Waals surface area contributed by atoms with Crippen LogP contribution >= 0.6 is 0 Å². The summed E-state index contributed by atoms with van der Waals surface area (Å²) in [4.78, 5) is 0. The number of hydrogen-bond acceptors (Lipinski definition) is 3. The summed E-state index contributed by atoms with van der Waals surface area (Å²) in [5.74, 6) is 0. The van der Waals surface area contributed by atoms with Gasteiger partial charge in [0.05, 0.1) is 25.9 Å². The molecule has 3 nitrogen and oxygen atoms in total. The molecular weight excluding hydrogens is 190 g/mol. The molecule has 0 saturated carbocycles. The summed E-state index contributed by atoms with van der Waals surface area (Å²) in [5.41, 5.74) is 8.39. The Balaban J connectivity index is 1.86. The highest BCUT2D eigenvalue weighted by Gasteiger charge is 2.20. The summed E-state index contributed by atoms with van der Waals surface area (Å²) >= 11 is 0. The highest BCUT2D eigenvalue weighted by Crippen LogP contribution is 2.14. The Kier molecular flexibility index (Phi) is 3.36. The van der Waals surface area contributed by atoms with Gasteiger partial charge in [0.2, 0.25) is 0 Å². The van der Waals surface area contributed by atoms with Crippen LogP contribution in [0.3, 0.4) is 0 Å². The zero-order valence-electron chi connectivity index (χ0n) is 8.98. The molecule has 2 rings (SSSR count). The van der Waals surface area contributed by atoms with Crippen LogP contribution in [0, 0.1) is 6.92 Å². The van der Waals surface area contributed by atoms with Crippen LogP contribution in [0.4, 0.5) is 0 Å². The molecule has 1 aromatic carbocycles. The number of hydrogen-bond donors (Lipinski definition) is 1. The van der Waals surface area contributed by atoms with Crippen molar-refractivity contribution in [1.82, 2.24) is 0 Å². The van der Waals surface area contributed by atoms with E-state index in [1.165, 1.54) is 5.56 Å². The molecule has 15 heavy (non-hydrogen) atoms. The van der Waals surface area contributed by atoms with Gasteiger partial charge in [-0.25, -0.2) is 0 Å². The third kappa shape index (κ3) is 2.78. The minimum atomic E-state index is -0.0366. The van der Waals surface area contributed by atoms with E-state index in [0.29, 0.717) is 19.8 Å². The molecule has 1 aliphatic rings. The molecule has 0 radical (unpaired) electrons. The van der Waals surface area contributed by atoms with Crippen molar-refractivity contribution in [2.75, 3.05) is 19.8 Å². The molecule has 2 N–H and O–H groups in total. The Morgan fingerprint density at radius 3 is 2.93 bits per heavy atom. The van der Waals surface area contributed by atoms with E-state index in [0.717, 1.165) is 5.56 Å². The summed E-state index contributed by atoms with van der Waals surface area (Å²) in [7, 11) is 0. The average molecular weight is 207 g/mol. The van der Waals surface area contributed by atoms with Crippen molar-refractivity contribution in [2.24, 2.45) is 5.73 Å². The maximum absolute atomic E-state index is 6.03. The van der Waals surface area contributed by atoms with Crippen molar-refractivity contribution in [1.29, 1.82) is 0 Å². The number of benzene rings is 1. The standard InChI is InChI=1S/C12H17NO2/c1-9-3-2-4-10(5-9)12(13)8-15-11-6-14-7-11/h2-5,11-12H,6-8,13H2,1H3. The largest absolute Gasteiger partial charge is 0.376 e. The van der Waals surface area contributed by atoms with Crippen molar-refractivity contribution in [3.63, 3.8) is 0 Å². The molecule has 1 aromatic rings. The number of ether oxygens (including phenoxy) is 2. The molecule has 1 aliphatic heterocycles. The van der Waals surface area contributed by atoms with Gasteiger partial charge in [-0.05, 0) is 12.5 Å². The molecule has 0 amide bonds. The van der Waals surface area contributed by atoms with Gasteiger partial charge >= 0.3 is 0 Å². The van der Waals surface area contributed by atoms with Crippen LogP contribution < -0.4 is 5.73 Å². The number of rotatable bonds is 4. The molecule has 0 bridgehead atoms. The van der Waals surface area contributed by atoms with Crippen molar-refractivity contribution < 1.29 is 9.47 Å². The van der Waals surface area contributed by atoms with Gasteiger partial charge in [-0.2, -0.15) is 0 Å². The molecule has 82 valence electrons. The molecular formula is C12H17NO2. The first-order chi connectivity index (χ1) is 7.25. The molecule has 3 heteroatoms. The van der Waals surface area contributed by atoms with Crippen LogP contribution in [-0.2, 0) is 9.47 Å². The highest BCUT2D eigenvalue weighted by molar-refractivity contribution is 5.24. The number of nitrogens with two attached hydrogens (primary N) is 1. The Bertz CT molecular complexity index is 323. The second-order valence-corrected chi connectivity index (χ2v) is 4.01. The van der Waals surface area contributed by atoms with Crippen molar-refractivity contribution >= 4 is 0 Å². The van der Waals surface area contributed by atoms with E-state index in [4.69, 9.17) is 15.2 Å². The maximum Gasteiger partial charge on any atom is 0.104 e. The zero-order chi connectivity index (χ0) is 10.7. The van der Waals surface area contributed by atoms with E-state index in [9.17, 15) is 0 Å². The summed E-state index contributed by atoms with van der Waals surface area (Å²) in [5, 5.41) is 0. The van der Waals surface area contributed by atoms with E-state index in [-0.39, 0.29) is 12.1 Å². The molecule has 1 saturated heterocycles. The SMILES string of the molecule is Cc1cccc(C(N)COC2COC2)c1. The van der Waals surface area contributed by atoms with Crippen molar-refractivity contribution in [3.05, 3.63) is 35.4 Å². The van der Waals surface area contributed by atoms with E-state index < -0.39 is 0 Å². The lowest BCUT2D eigenvalue weighted by molar-refractivity contribution is -0.131. The third-order valence-electron chi connectivity index (χ3n) is 2.59. The maximum atomic E-state index is 6.03. The lowest BCUT2D eigenvalue weighted by Gasteiger charge is -2.27. The minimum Gasteiger partial charge on any atom is -0.376 e. The second-order valence-electron chi connectivity index (χ2n) is 4.01. The molecule has 0 aromatic heterocycles. The summed E-state index contributed by atoms with van der Waals surface area (Å²) in [6.45, 7) is 4.05. The molecule has 1 heterocycles. The van der Waals surface area contributed by atoms with Crippen LogP contribution in [0.15, 0.2) is 24.3 Å². The van der Waals surface area contributed by atoms with Crippen LogP contribution in [-0.4, -0.2) is 25.9 Å². The van der Waals surface area contributed by atoms with Gasteiger partial charge in [0, 0.05) is 0 Å². The monoisotopic (exact) mass is 207 g/mol. The van der Waals surface area contributed by atoms with E-state index in [1.807, 2.05) is 12.1 Å². The normalized spacial score (nSPS) is 18.5. The quantitative estimate of drug-likeness (QED) is 0.812. The third-order valence-corrected chi connectivity index (χ3v) is 2.59. The van der Waals surface area contributed by atoms with E-state index >= 15 is 0 Å². The van der Waals surface area contributed by atoms with Gasteiger partial charge in [0.15, 0.2) is 0 Å². The molecule has 0 spiro atoms. The van der Waals surface area contributed by atoms with Gasteiger partial charge in [0.1, 0.15) is 6.10 Å². The lowest BCUT2D eigenvalue weighted by Crippen LogP contribution is -2.37. The van der Waals surface area contributed by atoms with Gasteiger partial charge in [-0.1, -0.05) is 29.8 Å². The molecule has 1 fully saturated rings. The van der Waals surface area contributed by atoms with Gasteiger partial charge in [-0.3, -0.25) is 0 Å². The Morgan fingerprint density at radius 2 is 2.33 bits per heavy atom. The van der Waals surface area contributed by atoms with Gasteiger partial charge in [0.25, 0.3) is 0 Å². The summed E-state index contributed by atoms with van der Waals surface area (Å²) in [6.07, 6.45) is 0.251. The van der Waals surface area contributed by atoms with E-state index in [2.05, 4.69) is 19.1 Å². The first-order valence-corrected chi connectivity index (χ1v) is 5.27. The first-order valence-electron chi connectivity index (χ1n) is 5.27. The molecule has 1 unspecified atom stereocenters.